The molecule has 7 nitrogen and oxygen atoms in total. The molecule has 0 radical (unpaired) electrons. The van der Waals surface area contributed by atoms with E-state index >= 15 is 0 Å². The minimum Gasteiger partial charge on any atom is -0.480 e. The number of carbonyl (C=O) groups excluding carboxylic acids is 1. The number of carbonyl (C=O) groups is 2. The van der Waals surface area contributed by atoms with Crippen molar-refractivity contribution in [2.24, 2.45) is 0 Å². The van der Waals surface area contributed by atoms with Gasteiger partial charge in [0, 0.05) is 18.3 Å². The van der Waals surface area contributed by atoms with Crippen molar-refractivity contribution in [3.8, 4) is 5.88 Å². The molecule has 0 saturated heterocycles. The highest BCUT2D eigenvalue weighted by molar-refractivity contribution is 5.77. The van der Waals surface area contributed by atoms with Gasteiger partial charge in [-0.25, -0.2) is 9.78 Å². The second kappa shape index (κ2) is 8.11. The van der Waals surface area contributed by atoms with Gasteiger partial charge in [-0.2, -0.15) is 0 Å². The van der Waals surface area contributed by atoms with Gasteiger partial charge < -0.3 is 19.9 Å². The number of hydrogen-bond acceptors (Lipinski definition) is 5. The number of nitrogens with one attached hydrogen (secondary N) is 1. The standard InChI is InChI=1S/C13H18N2O5/c1-9(2)20-13-10(4-3-5-14-13)6-15-11(16)7-19-8-12(17)18/h3-5,9H,6-8H2,1-2H3,(H,15,16)(H,17,18). The molecule has 7 heteroatoms. The molecule has 0 aromatic carbocycles. The van der Waals surface area contributed by atoms with Crippen LogP contribution in [0.3, 0.4) is 0 Å². The normalized spacial score (nSPS) is 10.3. The fourth-order valence-corrected chi connectivity index (χ4v) is 1.36. The summed E-state index contributed by atoms with van der Waals surface area (Å²) in [5.41, 5.74) is 0.743. The molecule has 0 saturated carbocycles. The van der Waals surface area contributed by atoms with Gasteiger partial charge in [-0.15, -0.1) is 0 Å². The first-order chi connectivity index (χ1) is 9.49. The average molecular weight is 282 g/mol. The quantitative estimate of drug-likeness (QED) is 0.724. The number of aromatic nitrogens is 1. The van der Waals surface area contributed by atoms with Crippen LogP contribution in [0.25, 0.3) is 0 Å². The lowest BCUT2D eigenvalue weighted by molar-refractivity contribution is -0.143. The lowest BCUT2D eigenvalue weighted by Crippen LogP contribution is -2.28. The maximum absolute atomic E-state index is 11.4. The summed E-state index contributed by atoms with van der Waals surface area (Å²) in [6, 6.07) is 3.54. The zero-order valence-electron chi connectivity index (χ0n) is 11.5. The third-order valence-corrected chi connectivity index (χ3v) is 2.13. The third kappa shape index (κ3) is 6.14. The van der Waals surface area contributed by atoms with Crippen molar-refractivity contribution in [2.75, 3.05) is 13.2 Å². The van der Waals surface area contributed by atoms with Crippen molar-refractivity contribution in [3.63, 3.8) is 0 Å². The van der Waals surface area contributed by atoms with E-state index in [0.29, 0.717) is 5.88 Å². The molecule has 1 rings (SSSR count). The van der Waals surface area contributed by atoms with Crippen LogP contribution in [-0.2, 0) is 20.9 Å². The molecule has 0 aliphatic heterocycles. The topological polar surface area (TPSA) is 97.8 Å². The summed E-state index contributed by atoms with van der Waals surface area (Å²) in [7, 11) is 0. The summed E-state index contributed by atoms with van der Waals surface area (Å²) in [4.78, 5) is 25.8. The Labute approximate surface area is 116 Å². The van der Waals surface area contributed by atoms with Crippen LogP contribution in [0.15, 0.2) is 18.3 Å². The fourth-order valence-electron chi connectivity index (χ4n) is 1.36. The molecule has 0 atom stereocenters. The van der Waals surface area contributed by atoms with Crippen LogP contribution in [0.1, 0.15) is 19.4 Å². The van der Waals surface area contributed by atoms with Gasteiger partial charge >= 0.3 is 5.97 Å². The lowest BCUT2D eigenvalue weighted by Gasteiger charge is -2.13. The number of pyridine rings is 1. The van der Waals surface area contributed by atoms with Gasteiger partial charge in [0.15, 0.2) is 0 Å². The molecular formula is C13H18N2O5. The zero-order chi connectivity index (χ0) is 15.0. The lowest BCUT2D eigenvalue weighted by atomic mass is 10.2. The van der Waals surface area contributed by atoms with E-state index in [0.717, 1.165) is 5.56 Å². The molecule has 0 aliphatic carbocycles. The minimum absolute atomic E-state index is 0.0155. The molecule has 1 aromatic heterocycles. The molecule has 1 aromatic rings. The van der Waals surface area contributed by atoms with Gasteiger partial charge in [0.1, 0.15) is 13.2 Å². The van der Waals surface area contributed by atoms with E-state index in [2.05, 4.69) is 15.0 Å². The van der Waals surface area contributed by atoms with E-state index < -0.39 is 18.5 Å². The van der Waals surface area contributed by atoms with Crippen molar-refractivity contribution in [2.45, 2.75) is 26.5 Å². The summed E-state index contributed by atoms with van der Waals surface area (Å²) in [5, 5.41) is 11.0. The summed E-state index contributed by atoms with van der Waals surface area (Å²) in [6.45, 7) is 3.22. The first-order valence-electron chi connectivity index (χ1n) is 6.16. The number of rotatable bonds is 8. The Morgan fingerprint density at radius 2 is 2.15 bits per heavy atom. The highest BCUT2D eigenvalue weighted by Crippen LogP contribution is 2.15. The Morgan fingerprint density at radius 1 is 1.40 bits per heavy atom. The molecule has 0 bridgehead atoms. The van der Waals surface area contributed by atoms with Gasteiger partial charge in [0.05, 0.1) is 6.10 Å². The van der Waals surface area contributed by atoms with Crippen LogP contribution in [0.5, 0.6) is 5.88 Å². The van der Waals surface area contributed by atoms with Crippen LogP contribution in [-0.4, -0.2) is 41.3 Å². The Morgan fingerprint density at radius 3 is 2.80 bits per heavy atom. The van der Waals surface area contributed by atoms with Crippen molar-refractivity contribution < 1.29 is 24.2 Å². The number of nitrogens with zero attached hydrogens (tertiary/aromatic N) is 1. The molecule has 0 aliphatic rings. The third-order valence-electron chi connectivity index (χ3n) is 2.13. The monoisotopic (exact) mass is 282 g/mol. The summed E-state index contributed by atoms with van der Waals surface area (Å²) >= 11 is 0. The smallest absolute Gasteiger partial charge is 0.329 e. The van der Waals surface area contributed by atoms with E-state index in [-0.39, 0.29) is 19.3 Å². The summed E-state index contributed by atoms with van der Waals surface area (Å²) in [6.07, 6.45) is 1.59. The number of hydrogen-bond donors (Lipinski definition) is 2. The average Bonchev–Trinajstić information content (AvgIpc) is 2.36. The van der Waals surface area contributed by atoms with Gasteiger partial charge in [-0.3, -0.25) is 4.79 Å². The van der Waals surface area contributed by atoms with Crippen molar-refractivity contribution in [1.29, 1.82) is 0 Å². The number of amides is 1. The molecule has 110 valence electrons. The van der Waals surface area contributed by atoms with E-state index in [9.17, 15) is 9.59 Å². The molecule has 1 amide bonds. The second-order valence-electron chi connectivity index (χ2n) is 4.30. The fraction of sp³-hybridized carbons (Fsp3) is 0.462. The zero-order valence-corrected chi connectivity index (χ0v) is 11.5. The molecule has 20 heavy (non-hydrogen) atoms. The van der Waals surface area contributed by atoms with Crippen LogP contribution in [0.4, 0.5) is 0 Å². The van der Waals surface area contributed by atoms with Crippen molar-refractivity contribution >= 4 is 11.9 Å². The summed E-state index contributed by atoms with van der Waals surface area (Å²) in [5.74, 6) is -1.04. The van der Waals surface area contributed by atoms with Crippen LogP contribution in [0.2, 0.25) is 0 Å². The van der Waals surface area contributed by atoms with E-state index in [1.54, 1.807) is 18.3 Å². The first-order valence-corrected chi connectivity index (χ1v) is 6.16. The Bertz CT molecular complexity index is 462. The Hall–Kier alpha value is -2.15. The maximum atomic E-state index is 11.4. The second-order valence-corrected chi connectivity index (χ2v) is 4.30. The number of carboxylic acids is 1. The van der Waals surface area contributed by atoms with E-state index in [1.165, 1.54) is 0 Å². The SMILES string of the molecule is CC(C)Oc1ncccc1CNC(=O)COCC(=O)O. The molecule has 0 unspecified atom stereocenters. The van der Waals surface area contributed by atoms with E-state index in [4.69, 9.17) is 9.84 Å². The highest BCUT2D eigenvalue weighted by Gasteiger charge is 2.09. The van der Waals surface area contributed by atoms with Crippen molar-refractivity contribution in [1.82, 2.24) is 10.3 Å². The predicted molar refractivity (Wildman–Crippen MR) is 70.3 cm³/mol. The van der Waals surface area contributed by atoms with Crippen molar-refractivity contribution in [3.05, 3.63) is 23.9 Å². The Balaban J connectivity index is 2.44. The first kappa shape index (κ1) is 15.9. The number of ether oxygens (including phenoxy) is 2. The number of carboxylic acid groups (broad SMARTS) is 1. The van der Waals surface area contributed by atoms with Crippen LogP contribution < -0.4 is 10.1 Å². The molecule has 2 N–H and O–H groups in total. The summed E-state index contributed by atoms with van der Waals surface area (Å²) < 4.78 is 10.2. The molecule has 0 spiro atoms. The Kier molecular flexibility index (Phi) is 6.45. The molecule has 1 heterocycles. The van der Waals surface area contributed by atoms with Gasteiger partial charge in [-0.1, -0.05) is 6.07 Å². The predicted octanol–water partition coefficient (Wildman–Crippen LogP) is 0.586. The van der Waals surface area contributed by atoms with Gasteiger partial charge in [0.2, 0.25) is 11.8 Å². The van der Waals surface area contributed by atoms with Gasteiger partial charge in [0.25, 0.3) is 0 Å². The minimum atomic E-state index is -1.11. The highest BCUT2D eigenvalue weighted by atomic mass is 16.5. The maximum Gasteiger partial charge on any atom is 0.329 e. The largest absolute Gasteiger partial charge is 0.480 e. The van der Waals surface area contributed by atoms with Crippen LogP contribution in [0, 0.1) is 0 Å². The number of aliphatic carboxylic acids is 1. The van der Waals surface area contributed by atoms with Crippen LogP contribution >= 0.6 is 0 Å². The van der Waals surface area contributed by atoms with Gasteiger partial charge in [-0.05, 0) is 19.9 Å². The van der Waals surface area contributed by atoms with E-state index in [1.807, 2.05) is 13.8 Å². The molecular weight excluding hydrogens is 264 g/mol. The molecule has 0 fully saturated rings.